The minimum Gasteiger partial charge on any atom is -0.458 e. The van der Waals surface area contributed by atoms with Crippen LogP contribution in [0.4, 0.5) is 0 Å². The van der Waals surface area contributed by atoms with Gasteiger partial charge in [-0.2, -0.15) is 0 Å². The fourth-order valence-corrected chi connectivity index (χ4v) is 13.3. The van der Waals surface area contributed by atoms with Crippen molar-refractivity contribution >= 4 is 32.8 Å². The van der Waals surface area contributed by atoms with Crippen LogP contribution in [0.2, 0.25) is 0 Å². The van der Waals surface area contributed by atoms with E-state index in [1.807, 2.05) is 6.20 Å². The topological polar surface area (TPSA) is 35.9 Å². The number of imidazole rings is 1. The molecule has 0 N–H and O–H groups in total. The van der Waals surface area contributed by atoms with Gasteiger partial charge in [0.2, 0.25) is 0 Å². The number of nitrogens with zero attached hydrogens (tertiary/aromatic N) is 4. The number of fused-ring (bicyclic) bond motifs is 10. The largest absolute Gasteiger partial charge is 0.458 e. The Bertz CT molecular complexity index is 4130. The van der Waals surface area contributed by atoms with Crippen LogP contribution >= 0.6 is 0 Å². The molecular weight excluding hydrogens is 913 g/mol. The second-order valence-corrected chi connectivity index (χ2v) is 24.3. The second-order valence-electron chi connectivity index (χ2n) is 24.3. The number of rotatable bonds is 5. The van der Waals surface area contributed by atoms with Gasteiger partial charge in [-0.1, -0.05) is 177 Å². The molecule has 14 rings (SSSR count). The number of ether oxygens (including phenoxy) is 1. The predicted octanol–water partition coefficient (Wildman–Crippen LogP) is 17.7. The van der Waals surface area contributed by atoms with Crippen LogP contribution in [0.15, 0.2) is 182 Å². The van der Waals surface area contributed by atoms with Gasteiger partial charge in [0.15, 0.2) is 0 Å². The molecule has 75 heavy (non-hydrogen) atoms. The first-order valence-electron chi connectivity index (χ1n) is 27.0. The Morgan fingerprint density at radius 1 is 0.520 bits per heavy atom. The highest BCUT2D eigenvalue weighted by molar-refractivity contribution is 6.09. The summed E-state index contributed by atoms with van der Waals surface area (Å²) in [6.07, 6.45) is 10.8. The fraction of sp³-hybridized carbons (Fsp3) is 0.229. The molecule has 4 heterocycles. The Kier molecular flexibility index (Phi) is 9.87. The van der Waals surface area contributed by atoms with Gasteiger partial charge in [-0.3, -0.25) is 13.7 Å². The average Bonchev–Trinajstić information content (AvgIpc) is 4.06. The first kappa shape index (κ1) is 45.6. The molecule has 2 aliphatic carbocycles. The second kappa shape index (κ2) is 16.2. The lowest BCUT2D eigenvalue weighted by Gasteiger charge is -2.51. The van der Waals surface area contributed by atoms with Crippen LogP contribution < -0.4 is 9.30 Å². The van der Waals surface area contributed by atoms with Crippen molar-refractivity contribution in [3.05, 3.63) is 211 Å². The lowest BCUT2D eigenvalue weighted by Crippen LogP contribution is -2.43. The molecule has 0 amide bonds. The molecule has 0 fully saturated rings. The van der Waals surface area contributed by atoms with Crippen LogP contribution in [0.5, 0.6) is 11.5 Å². The molecule has 0 saturated carbocycles. The Morgan fingerprint density at radius 3 is 1.81 bits per heavy atom. The molecule has 3 aromatic heterocycles. The van der Waals surface area contributed by atoms with Crippen LogP contribution in [-0.2, 0) is 21.7 Å². The number of pyridine rings is 1. The summed E-state index contributed by atoms with van der Waals surface area (Å²) in [5.74, 6) is 2.38. The molecule has 3 aliphatic rings. The third-order valence-electron chi connectivity index (χ3n) is 17.6. The number of para-hydroxylation sites is 3. The summed E-state index contributed by atoms with van der Waals surface area (Å²) >= 11 is 0. The number of benzene rings is 8. The summed E-state index contributed by atoms with van der Waals surface area (Å²) in [6, 6.07) is 64.6. The standard InChI is InChI=1S/C70H62N4O/c1-67(2,3)45-32-37-71-63(40-45)74-60-28-14-13-24-54(60)55-31-30-48(42-62(55)74)75-47-19-15-18-46(41-47)72-43-73-65-49(44-38-58-64-59(39-44)69(6,7)34-36-70(64,8)35-33-68(58,4)5)25-16-26-56(65)52-22-11-9-20-50(52)51-21-10-12-23-53(51)57-27-17-29-61(72)66(57)73/h9-32,37-42H,33-36H2,1-8H3. The Hall–Kier alpha value is -8.02. The van der Waals surface area contributed by atoms with Crippen molar-refractivity contribution in [2.24, 2.45) is 0 Å². The van der Waals surface area contributed by atoms with E-state index in [1.54, 1.807) is 5.56 Å². The molecule has 0 radical (unpaired) electrons. The van der Waals surface area contributed by atoms with E-state index >= 15 is 0 Å². The zero-order valence-electron chi connectivity index (χ0n) is 44.3. The highest BCUT2D eigenvalue weighted by Gasteiger charge is 2.47. The number of hydrogen-bond donors (Lipinski definition) is 0. The van der Waals surface area contributed by atoms with Gasteiger partial charge in [-0.15, -0.1) is 0 Å². The molecule has 5 nitrogen and oxygen atoms in total. The summed E-state index contributed by atoms with van der Waals surface area (Å²) in [4.78, 5) is 4.93. The third kappa shape index (κ3) is 7.03. The average molecular weight is 975 g/mol. The summed E-state index contributed by atoms with van der Waals surface area (Å²) < 4.78 is 13.8. The first-order chi connectivity index (χ1) is 36.1. The fourth-order valence-electron chi connectivity index (χ4n) is 13.3. The van der Waals surface area contributed by atoms with E-state index in [0.717, 1.165) is 61.7 Å². The molecule has 0 unspecified atom stereocenters. The Morgan fingerprint density at radius 2 is 1.09 bits per heavy atom. The summed E-state index contributed by atoms with van der Waals surface area (Å²) in [7, 11) is 0. The normalized spacial score (nSPS) is 15.8. The van der Waals surface area contributed by atoms with Crippen molar-refractivity contribution in [1.82, 2.24) is 14.1 Å². The number of hydrogen-bond acceptors (Lipinski definition) is 2. The molecule has 0 saturated heterocycles. The van der Waals surface area contributed by atoms with E-state index in [0.29, 0.717) is 0 Å². The zero-order chi connectivity index (χ0) is 51.2. The lowest BCUT2D eigenvalue weighted by atomic mass is 9.53. The SMILES string of the molecule is CC(C)(C)c1ccnc(-n2c3ccccc3c3ccc(Oc4cccc(-n5[c-][n+]6c7c(cccc75)-c5ccccc5-c5ccccc5-c5cccc(-c7cc8c9c(c7)C(C)(C)CCC9(C)CCC8(C)C)c5-6)c4)cc32)c1. The van der Waals surface area contributed by atoms with Gasteiger partial charge in [0.05, 0.1) is 33.4 Å². The molecule has 368 valence electrons. The molecule has 11 aromatic rings. The minimum absolute atomic E-state index is 0.0230. The van der Waals surface area contributed by atoms with Gasteiger partial charge in [-0.25, -0.2) is 4.98 Å². The molecule has 5 heteroatoms. The summed E-state index contributed by atoms with van der Waals surface area (Å²) in [5, 5.41) is 2.33. The smallest absolute Gasteiger partial charge is 0.269 e. The van der Waals surface area contributed by atoms with Gasteiger partial charge < -0.3 is 4.74 Å². The predicted molar refractivity (Wildman–Crippen MR) is 308 cm³/mol. The molecular formula is C70H62N4O. The van der Waals surface area contributed by atoms with Crippen molar-refractivity contribution in [3.63, 3.8) is 0 Å². The van der Waals surface area contributed by atoms with Crippen molar-refractivity contribution in [2.75, 3.05) is 0 Å². The van der Waals surface area contributed by atoms with Crippen LogP contribution in [0.1, 0.15) is 103 Å². The van der Waals surface area contributed by atoms with Gasteiger partial charge in [0.25, 0.3) is 6.33 Å². The van der Waals surface area contributed by atoms with Crippen molar-refractivity contribution in [3.8, 4) is 73.2 Å². The maximum Gasteiger partial charge on any atom is 0.269 e. The molecule has 0 bridgehead atoms. The van der Waals surface area contributed by atoms with Gasteiger partial charge >= 0.3 is 0 Å². The van der Waals surface area contributed by atoms with Crippen LogP contribution in [0, 0.1) is 6.33 Å². The van der Waals surface area contributed by atoms with E-state index in [4.69, 9.17) is 9.72 Å². The number of aromatic nitrogens is 4. The molecule has 0 atom stereocenters. The molecule has 0 spiro atoms. The highest BCUT2D eigenvalue weighted by atomic mass is 16.5. The van der Waals surface area contributed by atoms with Gasteiger partial charge in [0.1, 0.15) is 17.3 Å². The lowest BCUT2D eigenvalue weighted by molar-refractivity contribution is -0.570. The van der Waals surface area contributed by atoms with E-state index in [1.165, 1.54) is 86.7 Å². The van der Waals surface area contributed by atoms with E-state index < -0.39 is 0 Å². The van der Waals surface area contributed by atoms with E-state index in [2.05, 4.69) is 251 Å². The van der Waals surface area contributed by atoms with Crippen molar-refractivity contribution in [2.45, 2.75) is 103 Å². The summed E-state index contributed by atoms with van der Waals surface area (Å²) in [5.41, 5.74) is 22.2. The summed E-state index contributed by atoms with van der Waals surface area (Å²) in [6.45, 7) is 19.2. The van der Waals surface area contributed by atoms with Gasteiger partial charge in [-0.05, 0) is 163 Å². The maximum atomic E-state index is 6.92. The first-order valence-corrected chi connectivity index (χ1v) is 27.0. The van der Waals surface area contributed by atoms with Crippen molar-refractivity contribution < 1.29 is 9.30 Å². The van der Waals surface area contributed by atoms with Crippen molar-refractivity contribution in [1.29, 1.82) is 0 Å². The molecule has 1 aliphatic heterocycles. The molecule has 8 aromatic carbocycles. The highest BCUT2D eigenvalue weighted by Crippen LogP contribution is 2.57. The van der Waals surface area contributed by atoms with E-state index in [-0.39, 0.29) is 21.7 Å². The maximum absolute atomic E-state index is 6.92. The van der Waals surface area contributed by atoms with Crippen LogP contribution in [0.25, 0.3) is 94.5 Å². The third-order valence-corrected chi connectivity index (χ3v) is 17.6. The van der Waals surface area contributed by atoms with Crippen LogP contribution in [-0.4, -0.2) is 14.1 Å². The quantitative estimate of drug-likeness (QED) is 0.127. The Labute approximate surface area is 440 Å². The Balaban J connectivity index is 0.970. The van der Waals surface area contributed by atoms with Gasteiger partial charge in [0, 0.05) is 23.0 Å². The van der Waals surface area contributed by atoms with Crippen LogP contribution in [0.3, 0.4) is 0 Å². The minimum atomic E-state index is -0.0230. The monoisotopic (exact) mass is 974 g/mol. The van der Waals surface area contributed by atoms with E-state index in [9.17, 15) is 0 Å². The zero-order valence-corrected chi connectivity index (χ0v) is 44.3.